The minimum absolute atomic E-state index is 0.0123. The van der Waals surface area contributed by atoms with Crippen LogP contribution in [0.5, 0.6) is 0 Å². The summed E-state index contributed by atoms with van der Waals surface area (Å²) in [4.78, 5) is 28.4. The number of nitrogens with one attached hydrogen (secondary N) is 1. The van der Waals surface area contributed by atoms with Crippen LogP contribution in [0.15, 0.2) is 76.1 Å². The second-order valence-electron chi connectivity index (χ2n) is 9.89. The molecule has 0 spiro atoms. The van der Waals surface area contributed by atoms with Crippen LogP contribution < -0.4 is 9.62 Å². The molecule has 0 aliphatic carbocycles. The molecule has 0 fully saturated rings. The first kappa shape index (κ1) is 31.9. The van der Waals surface area contributed by atoms with Crippen LogP contribution in [0.25, 0.3) is 0 Å². The van der Waals surface area contributed by atoms with Gasteiger partial charge in [0, 0.05) is 17.6 Å². The zero-order valence-corrected chi connectivity index (χ0v) is 26.6. The molecule has 0 aliphatic rings. The highest BCUT2D eigenvalue weighted by Crippen LogP contribution is 2.31. The number of carbonyl (C=O) groups is 2. The summed E-state index contributed by atoms with van der Waals surface area (Å²) in [5.74, 6) is -0.677. The van der Waals surface area contributed by atoms with Gasteiger partial charge in [0.25, 0.3) is 10.0 Å². The highest BCUT2D eigenvalue weighted by atomic mass is 79.9. The maximum Gasteiger partial charge on any atom is 0.264 e. The number of nitrogens with zero attached hydrogens (tertiary/aromatic N) is 2. The number of aryl methyl sites for hydroxylation is 1. The molecule has 1 atom stereocenters. The average molecular weight is 669 g/mol. The van der Waals surface area contributed by atoms with Gasteiger partial charge in [0.2, 0.25) is 11.8 Å². The first-order valence-electron chi connectivity index (χ1n) is 12.7. The Morgan fingerprint density at radius 2 is 1.62 bits per heavy atom. The SMILES string of the molecule is Cc1ccc(S(=O)(=O)N(CC(=O)N(Cc2cccc(Br)c2)C(C)C(=O)NCC(C)C)c2ccc(Cl)c(Cl)c2)cc1. The normalized spacial score (nSPS) is 12.2. The molecule has 1 N–H and O–H groups in total. The number of hydrogen-bond donors (Lipinski definition) is 1. The molecule has 2 amide bonds. The Bertz CT molecular complexity index is 1470. The van der Waals surface area contributed by atoms with Gasteiger partial charge in [0.1, 0.15) is 12.6 Å². The van der Waals surface area contributed by atoms with E-state index >= 15 is 0 Å². The minimum atomic E-state index is -4.20. The molecule has 214 valence electrons. The van der Waals surface area contributed by atoms with Gasteiger partial charge in [-0.3, -0.25) is 13.9 Å². The summed E-state index contributed by atoms with van der Waals surface area (Å²) < 4.78 is 29.6. The fraction of sp³-hybridized carbons (Fsp3) is 0.310. The largest absolute Gasteiger partial charge is 0.354 e. The first-order chi connectivity index (χ1) is 18.8. The number of sulfonamides is 1. The summed E-state index contributed by atoms with van der Waals surface area (Å²) in [5, 5.41) is 3.26. The van der Waals surface area contributed by atoms with Gasteiger partial charge in [-0.15, -0.1) is 0 Å². The molecular weight excluding hydrogens is 637 g/mol. The third-order valence-electron chi connectivity index (χ3n) is 6.17. The standard InChI is InChI=1S/C29H32BrCl2N3O4S/c1-19(2)16-33-29(37)21(4)34(17-22-6-5-7-23(30)14-22)28(36)18-35(24-10-13-26(31)27(32)15-24)40(38,39)25-11-8-20(3)9-12-25/h5-15,19,21H,16-18H2,1-4H3,(H,33,37). The van der Waals surface area contributed by atoms with Gasteiger partial charge in [-0.25, -0.2) is 8.42 Å². The third-order valence-corrected chi connectivity index (χ3v) is 9.19. The number of anilines is 1. The van der Waals surface area contributed by atoms with Crippen molar-refractivity contribution in [2.24, 2.45) is 5.92 Å². The van der Waals surface area contributed by atoms with E-state index in [1.54, 1.807) is 19.1 Å². The van der Waals surface area contributed by atoms with E-state index in [-0.39, 0.29) is 39.0 Å². The van der Waals surface area contributed by atoms with Gasteiger partial charge < -0.3 is 10.2 Å². The van der Waals surface area contributed by atoms with Gasteiger partial charge in [0.05, 0.1) is 20.6 Å². The molecule has 3 rings (SSSR count). The van der Waals surface area contributed by atoms with Crippen LogP contribution in [0.2, 0.25) is 10.0 Å². The first-order valence-corrected chi connectivity index (χ1v) is 15.6. The molecule has 0 aromatic heterocycles. The maximum atomic E-state index is 14.0. The van der Waals surface area contributed by atoms with Gasteiger partial charge in [-0.1, -0.05) is 82.8 Å². The Morgan fingerprint density at radius 3 is 2.23 bits per heavy atom. The van der Waals surface area contributed by atoms with Crippen molar-refractivity contribution in [2.45, 2.75) is 45.2 Å². The van der Waals surface area contributed by atoms with Gasteiger partial charge in [-0.2, -0.15) is 0 Å². The monoisotopic (exact) mass is 667 g/mol. The summed E-state index contributed by atoms with van der Waals surface area (Å²) >= 11 is 15.8. The smallest absolute Gasteiger partial charge is 0.264 e. The van der Waals surface area contributed by atoms with Crippen LogP contribution in [0.3, 0.4) is 0 Å². The summed E-state index contributed by atoms with van der Waals surface area (Å²) in [6, 6.07) is 17.2. The number of hydrogen-bond acceptors (Lipinski definition) is 4. The fourth-order valence-corrected chi connectivity index (χ4v) is 6.02. The van der Waals surface area contributed by atoms with Crippen LogP contribution in [0, 0.1) is 12.8 Å². The molecule has 3 aromatic rings. The van der Waals surface area contributed by atoms with E-state index in [9.17, 15) is 18.0 Å². The molecule has 7 nitrogen and oxygen atoms in total. The number of benzene rings is 3. The van der Waals surface area contributed by atoms with Crippen LogP contribution >= 0.6 is 39.1 Å². The van der Waals surface area contributed by atoms with Crippen LogP contribution in [0.1, 0.15) is 31.9 Å². The Balaban J connectivity index is 2.04. The lowest BCUT2D eigenvalue weighted by Gasteiger charge is -2.32. The van der Waals surface area contributed by atoms with Gasteiger partial charge in [-0.05, 0) is 67.8 Å². The van der Waals surface area contributed by atoms with Crippen LogP contribution in [-0.4, -0.2) is 44.3 Å². The van der Waals surface area contributed by atoms with E-state index in [0.717, 1.165) is 19.9 Å². The Hall–Kier alpha value is -2.59. The molecule has 0 saturated carbocycles. The fourth-order valence-electron chi connectivity index (χ4n) is 3.87. The summed E-state index contributed by atoms with van der Waals surface area (Å²) in [6.45, 7) is 7.39. The topological polar surface area (TPSA) is 86.8 Å². The van der Waals surface area contributed by atoms with Crippen molar-refractivity contribution in [3.63, 3.8) is 0 Å². The predicted octanol–water partition coefficient (Wildman–Crippen LogP) is 6.45. The van der Waals surface area contributed by atoms with Crippen molar-refractivity contribution in [1.29, 1.82) is 0 Å². The second-order valence-corrected chi connectivity index (χ2v) is 13.5. The maximum absolute atomic E-state index is 14.0. The zero-order chi connectivity index (χ0) is 29.6. The van der Waals surface area contributed by atoms with Crippen LogP contribution in [-0.2, 0) is 26.2 Å². The number of carbonyl (C=O) groups excluding carboxylic acids is 2. The molecule has 0 aliphatic heterocycles. The molecule has 0 saturated heterocycles. The van der Waals surface area contributed by atoms with Crippen molar-refractivity contribution in [3.05, 3.63) is 92.4 Å². The lowest BCUT2D eigenvalue weighted by atomic mass is 10.1. The number of amides is 2. The highest BCUT2D eigenvalue weighted by molar-refractivity contribution is 9.10. The highest BCUT2D eigenvalue weighted by Gasteiger charge is 2.32. The Kier molecular flexibility index (Phi) is 11.1. The molecule has 0 radical (unpaired) electrons. The molecule has 11 heteroatoms. The quantitative estimate of drug-likeness (QED) is 0.255. The predicted molar refractivity (Wildman–Crippen MR) is 164 cm³/mol. The molecule has 0 bridgehead atoms. The summed E-state index contributed by atoms with van der Waals surface area (Å²) in [5.41, 5.74) is 1.83. The van der Waals surface area contributed by atoms with E-state index in [4.69, 9.17) is 23.2 Å². The second kappa shape index (κ2) is 13.9. The van der Waals surface area contributed by atoms with Crippen molar-refractivity contribution < 1.29 is 18.0 Å². The van der Waals surface area contributed by atoms with Gasteiger partial charge >= 0.3 is 0 Å². The molecule has 1 unspecified atom stereocenters. The molecule has 3 aromatic carbocycles. The molecule has 0 heterocycles. The lowest BCUT2D eigenvalue weighted by Crippen LogP contribution is -2.51. The molecule has 40 heavy (non-hydrogen) atoms. The minimum Gasteiger partial charge on any atom is -0.354 e. The van der Waals surface area contributed by atoms with Crippen molar-refractivity contribution in [3.8, 4) is 0 Å². The summed E-state index contributed by atoms with van der Waals surface area (Å²) in [7, 11) is -4.20. The third kappa shape index (κ3) is 8.22. The lowest BCUT2D eigenvalue weighted by molar-refractivity contribution is -0.139. The van der Waals surface area contributed by atoms with E-state index in [1.165, 1.54) is 35.2 Å². The number of rotatable bonds is 11. The Labute approximate surface area is 254 Å². The summed E-state index contributed by atoms with van der Waals surface area (Å²) in [6.07, 6.45) is 0. The van der Waals surface area contributed by atoms with Crippen molar-refractivity contribution >= 4 is 66.7 Å². The van der Waals surface area contributed by atoms with Crippen molar-refractivity contribution in [2.75, 3.05) is 17.4 Å². The number of halogens is 3. The van der Waals surface area contributed by atoms with E-state index in [1.807, 2.05) is 45.0 Å². The van der Waals surface area contributed by atoms with Gasteiger partial charge in [0.15, 0.2) is 0 Å². The van der Waals surface area contributed by atoms with E-state index in [2.05, 4.69) is 21.2 Å². The van der Waals surface area contributed by atoms with Crippen LogP contribution in [0.4, 0.5) is 5.69 Å². The van der Waals surface area contributed by atoms with E-state index < -0.39 is 28.5 Å². The van der Waals surface area contributed by atoms with Crippen molar-refractivity contribution in [1.82, 2.24) is 10.2 Å². The zero-order valence-electron chi connectivity index (χ0n) is 22.7. The van der Waals surface area contributed by atoms with E-state index in [0.29, 0.717) is 6.54 Å². The average Bonchev–Trinajstić information content (AvgIpc) is 2.90. The molecular formula is C29H32BrCl2N3O4S. The Morgan fingerprint density at radius 1 is 0.950 bits per heavy atom.